The zero-order valence-corrected chi connectivity index (χ0v) is 20.3. The van der Waals surface area contributed by atoms with Gasteiger partial charge in [-0.3, -0.25) is 10.1 Å². The van der Waals surface area contributed by atoms with Crippen LogP contribution in [0.4, 0.5) is 20.0 Å². The number of nitrogens with zero attached hydrogens (tertiary/aromatic N) is 2. The van der Waals surface area contributed by atoms with Crippen LogP contribution in [0.1, 0.15) is 5.56 Å². The van der Waals surface area contributed by atoms with Gasteiger partial charge in [-0.05, 0) is 42.0 Å². The number of benzene rings is 3. The summed E-state index contributed by atoms with van der Waals surface area (Å²) in [5.74, 6) is -0.845. The molecule has 4 rings (SSSR count). The van der Waals surface area contributed by atoms with Crippen LogP contribution in [0, 0.1) is 5.82 Å². The number of hydrogen-bond donors (Lipinski definition) is 3. The van der Waals surface area contributed by atoms with Gasteiger partial charge in [0.1, 0.15) is 16.9 Å². The van der Waals surface area contributed by atoms with Crippen molar-refractivity contribution in [2.75, 3.05) is 10.6 Å². The van der Waals surface area contributed by atoms with E-state index in [1.165, 1.54) is 12.1 Å². The third kappa shape index (κ3) is 6.54. The number of nitrogens with one attached hydrogen (secondary N) is 3. The van der Waals surface area contributed by atoms with Gasteiger partial charge in [-0.15, -0.1) is 10.2 Å². The molecule has 1 heterocycles. The predicted molar refractivity (Wildman–Crippen MR) is 136 cm³/mol. The van der Waals surface area contributed by atoms with Gasteiger partial charge in [0.15, 0.2) is 0 Å². The average molecular weight is 530 g/mol. The van der Waals surface area contributed by atoms with Crippen LogP contribution in [0.15, 0.2) is 72.8 Å². The number of carbonyl (C=O) groups excluding carboxylic acids is 2. The molecule has 3 N–H and O–H groups in total. The van der Waals surface area contributed by atoms with Gasteiger partial charge in [-0.25, -0.2) is 9.18 Å². The number of aromatic nitrogens is 2. The van der Waals surface area contributed by atoms with Crippen molar-refractivity contribution in [3.8, 4) is 10.6 Å². The number of halogens is 3. The summed E-state index contributed by atoms with van der Waals surface area (Å²) in [6.45, 7) is 0. The molecule has 0 saturated heterocycles. The van der Waals surface area contributed by atoms with Crippen LogP contribution in [-0.4, -0.2) is 28.2 Å². The van der Waals surface area contributed by atoms with Crippen molar-refractivity contribution in [1.29, 1.82) is 0 Å². The van der Waals surface area contributed by atoms with Gasteiger partial charge in [-0.1, -0.05) is 70.9 Å². The maximum atomic E-state index is 13.2. The molecule has 0 aliphatic heterocycles. The highest BCUT2D eigenvalue weighted by atomic mass is 35.5. The largest absolute Gasteiger partial charge is 0.326 e. The molecule has 3 amide bonds. The Morgan fingerprint density at radius 3 is 2.40 bits per heavy atom. The normalized spacial score (nSPS) is 11.5. The van der Waals surface area contributed by atoms with E-state index in [-0.39, 0.29) is 27.4 Å². The van der Waals surface area contributed by atoms with E-state index in [0.717, 1.165) is 16.9 Å². The minimum Gasteiger partial charge on any atom is -0.326 e. The van der Waals surface area contributed by atoms with E-state index >= 15 is 0 Å². The lowest BCUT2D eigenvalue weighted by Crippen LogP contribution is -2.47. The molecule has 3 aromatic carbocycles. The van der Waals surface area contributed by atoms with Gasteiger partial charge in [-0.2, -0.15) is 0 Å². The molecule has 0 fully saturated rings. The Bertz CT molecular complexity index is 1340. The van der Waals surface area contributed by atoms with Crippen molar-refractivity contribution in [2.45, 2.75) is 12.5 Å². The van der Waals surface area contributed by atoms with Crippen molar-refractivity contribution >= 4 is 57.3 Å². The third-order valence-corrected chi connectivity index (χ3v) is 6.56. The van der Waals surface area contributed by atoms with Gasteiger partial charge in [0, 0.05) is 12.0 Å². The smallest absolute Gasteiger partial charge is 0.319 e. The summed E-state index contributed by atoms with van der Waals surface area (Å²) < 4.78 is 13.2. The van der Waals surface area contributed by atoms with Crippen LogP contribution in [-0.2, 0) is 11.2 Å². The lowest BCUT2D eigenvalue weighted by molar-refractivity contribution is -0.117. The van der Waals surface area contributed by atoms with Gasteiger partial charge < -0.3 is 10.6 Å². The summed E-state index contributed by atoms with van der Waals surface area (Å²) in [6.07, 6.45) is 0.229. The van der Waals surface area contributed by atoms with Gasteiger partial charge >= 0.3 is 6.03 Å². The monoisotopic (exact) mass is 529 g/mol. The first-order valence-electron chi connectivity index (χ1n) is 10.3. The Labute approximate surface area is 214 Å². The molecule has 11 heteroatoms. The quantitative estimate of drug-likeness (QED) is 0.272. The minimum absolute atomic E-state index is 0.190. The van der Waals surface area contributed by atoms with E-state index in [4.69, 9.17) is 23.2 Å². The Morgan fingerprint density at radius 2 is 1.66 bits per heavy atom. The van der Waals surface area contributed by atoms with Crippen molar-refractivity contribution in [3.05, 3.63) is 94.2 Å². The molecule has 0 saturated carbocycles. The summed E-state index contributed by atoms with van der Waals surface area (Å²) in [4.78, 5) is 25.8. The zero-order chi connectivity index (χ0) is 24.8. The first-order valence-corrected chi connectivity index (χ1v) is 11.9. The molecule has 1 atom stereocenters. The fourth-order valence-electron chi connectivity index (χ4n) is 3.15. The molecule has 1 aromatic heterocycles. The molecule has 4 aromatic rings. The third-order valence-electron chi connectivity index (χ3n) is 4.85. The van der Waals surface area contributed by atoms with Crippen LogP contribution >= 0.6 is 34.5 Å². The molecular formula is C24H18Cl2FN5O2S. The van der Waals surface area contributed by atoms with E-state index in [0.29, 0.717) is 16.3 Å². The summed E-state index contributed by atoms with van der Waals surface area (Å²) in [5, 5.41) is 17.3. The van der Waals surface area contributed by atoms with Crippen molar-refractivity contribution in [3.63, 3.8) is 0 Å². The lowest BCUT2D eigenvalue weighted by atomic mass is 10.1. The Kier molecular flexibility index (Phi) is 7.91. The van der Waals surface area contributed by atoms with Crippen molar-refractivity contribution < 1.29 is 14.0 Å². The Hall–Kier alpha value is -3.53. The first kappa shape index (κ1) is 24.6. The van der Waals surface area contributed by atoms with E-state index in [1.807, 2.05) is 30.3 Å². The van der Waals surface area contributed by atoms with Crippen LogP contribution in [0.2, 0.25) is 10.0 Å². The maximum Gasteiger partial charge on any atom is 0.319 e. The standard InChI is InChI=1S/C24H18Cl2FN5O2S/c25-17-7-4-8-18(20(17)26)28-23(34)29-19(13-14-5-2-1-3-6-14)21(33)30-24-32-31-22(35-24)15-9-11-16(27)12-10-15/h1-12,19H,13H2,(H2,28,29,34)(H,30,32,33). The van der Waals surface area contributed by atoms with Crippen LogP contribution in [0.25, 0.3) is 10.6 Å². The summed E-state index contributed by atoms with van der Waals surface area (Å²) >= 11 is 13.3. The van der Waals surface area contributed by atoms with Crippen molar-refractivity contribution in [1.82, 2.24) is 15.5 Å². The average Bonchev–Trinajstić information content (AvgIpc) is 3.31. The zero-order valence-electron chi connectivity index (χ0n) is 18.0. The SMILES string of the molecule is O=C(Nc1cccc(Cl)c1Cl)NC(Cc1ccccc1)C(=O)Nc1nnc(-c2ccc(F)cc2)s1. The molecule has 178 valence electrons. The number of anilines is 2. The van der Waals surface area contributed by atoms with E-state index < -0.39 is 18.0 Å². The molecule has 0 radical (unpaired) electrons. The van der Waals surface area contributed by atoms with Gasteiger partial charge in [0.2, 0.25) is 11.0 Å². The number of rotatable bonds is 7. The first-order chi connectivity index (χ1) is 16.9. The maximum absolute atomic E-state index is 13.2. The summed E-state index contributed by atoms with van der Waals surface area (Å²) in [6, 6.07) is 18.3. The van der Waals surface area contributed by atoms with E-state index in [1.54, 1.807) is 30.3 Å². The second-order valence-corrected chi connectivity index (χ2v) is 9.11. The van der Waals surface area contributed by atoms with Crippen LogP contribution in [0.3, 0.4) is 0 Å². The minimum atomic E-state index is -0.937. The van der Waals surface area contributed by atoms with Crippen molar-refractivity contribution in [2.24, 2.45) is 0 Å². The molecular weight excluding hydrogens is 512 g/mol. The summed E-state index contributed by atoms with van der Waals surface area (Å²) in [7, 11) is 0. The molecule has 0 spiro atoms. The Balaban J connectivity index is 1.48. The fraction of sp³-hybridized carbons (Fsp3) is 0.0833. The molecule has 0 aliphatic rings. The van der Waals surface area contributed by atoms with Gasteiger partial charge in [0.05, 0.1) is 15.7 Å². The predicted octanol–water partition coefficient (Wildman–Crippen LogP) is 6.02. The van der Waals surface area contributed by atoms with Crippen LogP contribution in [0.5, 0.6) is 0 Å². The molecule has 0 bridgehead atoms. The topological polar surface area (TPSA) is 96.0 Å². The molecule has 1 unspecified atom stereocenters. The Morgan fingerprint density at radius 1 is 0.914 bits per heavy atom. The highest BCUT2D eigenvalue weighted by molar-refractivity contribution is 7.18. The fourth-order valence-corrected chi connectivity index (χ4v) is 4.25. The highest BCUT2D eigenvalue weighted by Crippen LogP contribution is 2.29. The number of carbonyl (C=O) groups is 2. The van der Waals surface area contributed by atoms with Gasteiger partial charge in [0.25, 0.3) is 0 Å². The number of urea groups is 1. The summed E-state index contributed by atoms with van der Waals surface area (Å²) in [5.41, 5.74) is 1.82. The highest BCUT2D eigenvalue weighted by Gasteiger charge is 2.23. The molecule has 0 aliphatic carbocycles. The van der Waals surface area contributed by atoms with E-state index in [9.17, 15) is 14.0 Å². The number of hydrogen-bond acceptors (Lipinski definition) is 5. The van der Waals surface area contributed by atoms with E-state index in [2.05, 4.69) is 26.1 Å². The van der Waals surface area contributed by atoms with Crippen LogP contribution < -0.4 is 16.0 Å². The second-order valence-electron chi connectivity index (χ2n) is 7.35. The lowest BCUT2D eigenvalue weighted by Gasteiger charge is -2.18. The molecule has 7 nitrogen and oxygen atoms in total. The molecule has 35 heavy (non-hydrogen) atoms. The second kappa shape index (κ2) is 11.3. The number of amides is 3.